The Morgan fingerprint density at radius 2 is 1.96 bits per heavy atom. The Bertz CT molecular complexity index is 1030. The molecule has 0 radical (unpaired) electrons. The van der Waals surface area contributed by atoms with Gasteiger partial charge in [0.2, 0.25) is 0 Å². The van der Waals surface area contributed by atoms with E-state index in [2.05, 4.69) is 20.9 Å². The number of ketones is 1. The second kappa shape index (κ2) is 8.54. The molecule has 0 bridgehead atoms. The number of aryl methyl sites for hydroxylation is 1. The Balaban J connectivity index is 1.78. The van der Waals surface area contributed by atoms with Gasteiger partial charge in [-0.05, 0) is 55.0 Å². The minimum Gasteiger partial charge on any atom is -0.497 e. The lowest BCUT2D eigenvalue weighted by atomic mass is 10.1. The SMILES string of the molecule is COc1ccc(C(=O)CSc2nccn(-c3ccc(Br)c(C)c3)c2=O)cc1. The third kappa shape index (κ3) is 4.48. The fraction of sp³-hybridized carbons (Fsp3) is 0.150. The van der Waals surface area contributed by atoms with Crippen LogP contribution in [-0.4, -0.2) is 28.2 Å². The quantitative estimate of drug-likeness (QED) is 0.419. The van der Waals surface area contributed by atoms with Gasteiger partial charge >= 0.3 is 0 Å². The summed E-state index contributed by atoms with van der Waals surface area (Å²) in [5, 5.41) is 0.292. The number of rotatable bonds is 6. The van der Waals surface area contributed by atoms with Gasteiger partial charge in [0, 0.05) is 28.1 Å². The molecule has 1 aromatic heterocycles. The zero-order chi connectivity index (χ0) is 19.4. The summed E-state index contributed by atoms with van der Waals surface area (Å²) in [6.45, 7) is 1.96. The predicted octanol–water partition coefficient (Wildman–Crippen LogP) is 4.29. The van der Waals surface area contributed by atoms with Crippen LogP contribution < -0.4 is 10.3 Å². The van der Waals surface area contributed by atoms with Crippen molar-refractivity contribution in [1.82, 2.24) is 9.55 Å². The molecule has 0 amide bonds. The molecular weight excluding hydrogens is 428 g/mol. The normalized spacial score (nSPS) is 10.6. The summed E-state index contributed by atoms with van der Waals surface area (Å²) < 4.78 is 7.61. The molecule has 0 atom stereocenters. The van der Waals surface area contributed by atoms with Crippen LogP contribution in [0.4, 0.5) is 0 Å². The van der Waals surface area contributed by atoms with Crippen LogP contribution in [0.2, 0.25) is 0 Å². The first-order valence-corrected chi connectivity index (χ1v) is 9.91. The monoisotopic (exact) mass is 444 g/mol. The van der Waals surface area contributed by atoms with Gasteiger partial charge in [-0.3, -0.25) is 14.2 Å². The molecule has 27 heavy (non-hydrogen) atoms. The second-order valence-electron chi connectivity index (χ2n) is 5.78. The largest absolute Gasteiger partial charge is 0.497 e. The average Bonchev–Trinajstić information content (AvgIpc) is 2.69. The molecule has 0 aliphatic heterocycles. The molecule has 0 aliphatic rings. The number of carbonyl (C=O) groups is 1. The Morgan fingerprint density at radius 3 is 2.63 bits per heavy atom. The van der Waals surface area contributed by atoms with Gasteiger partial charge in [0.1, 0.15) is 5.75 Å². The number of nitrogens with zero attached hydrogens (tertiary/aromatic N) is 2. The molecule has 0 N–H and O–H groups in total. The summed E-state index contributed by atoms with van der Waals surface area (Å²) in [6.07, 6.45) is 3.19. The zero-order valence-corrected chi connectivity index (χ0v) is 17.2. The number of Topliss-reactive ketones (excluding diaryl/α,β-unsaturated/α-hetero) is 1. The highest BCUT2D eigenvalue weighted by Gasteiger charge is 2.12. The van der Waals surface area contributed by atoms with E-state index in [0.717, 1.165) is 27.5 Å². The fourth-order valence-electron chi connectivity index (χ4n) is 2.47. The molecule has 0 saturated carbocycles. The van der Waals surface area contributed by atoms with Gasteiger partial charge in [-0.15, -0.1) is 0 Å². The number of methoxy groups -OCH3 is 1. The van der Waals surface area contributed by atoms with E-state index in [-0.39, 0.29) is 17.1 Å². The first kappa shape index (κ1) is 19.4. The number of aromatic nitrogens is 2. The molecule has 0 saturated heterocycles. The third-order valence-electron chi connectivity index (χ3n) is 3.98. The van der Waals surface area contributed by atoms with Crippen LogP contribution in [0, 0.1) is 6.92 Å². The summed E-state index contributed by atoms with van der Waals surface area (Å²) in [5.74, 6) is 0.758. The molecule has 0 fully saturated rings. The number of carbonyl (C=O) groups excluding carboxylic acids is 1. The predicted molar refractivity (Wildman–Crippen MR) is 110 cm³/mol. The molecule has 1 heterocycles. The molecule has 2 aromatic carbocycles. The maximum absolute atomic E-state index is 12.7. The van der Waals surface area contributed by atoms with Gasteiger partial charge in [-0.1, -0.05) is 27.7 Å². The van der Waals surface area contributed by atoms with Crippen LogP contribution in [0.25, 0.3) is 5.69 Å². The first-order valence-electron chi connectivity index (χ1n) is 8.14. The highest BCUT2D eigenvalue weighted by Crippen LogP contribution is 2.20. The average molecular weight is 445 g/mol. The summed E-state index contributed by atoms with van der Waals surface area (Å²) >= 11 is 4.60. The summed E-state index contributed by atoms with van der Waals surface area (Å²) in [5.41, 5.74) is 2.11. The molecule has 138 valence electrons. The summed E-state index contributed by atoms with van der Waals surface area (Å²) in [4.78, 5) is 29.2. The Labute approximate surface area is 169 Å². The van der Waals surface area contributed by atoms with E-state index in [0.29, 0.717) is 16.3 Å². The van der Waals surface area contributed by atoms with E-state index in [1.54, 1.807) is 43.8 Å². The second-order valence-corrected chi connectivity index (χ2v) is 7.60. The van der Waals surface area contributed by atoms with Crippen molar-refractivity contribution in [2.24, 2.45) is 0 Å². The van der Waals surface area contributed by atoms with Crippen molar-refractivity contribution in [2.75, 3.05) is 12.9 Å². The van der Waals surface area contributed by atoms with E-state index in [1.807, 2.05) is 25.1 Å². The van der Waals surface area contributed by atoms with E-state index in [4.69, 9.17) is 4.74 Å². The van der Waals surface area contributed by atoms with E-state index < -0.39 is 0 Å². The van der Waals surface area contributed by atoms with Crippen LogP contribution in [0.15, 0.2) is 69.2 Å². The van der Waals surface area contributed by atoms with Gasteiger partial charge in [0.15, 0.2) is 10.8 Å². The molecule has 0 aliphatic carbocycles. The van der Waals surface area contributed by atoms with Crippen molar-refractivity contribution in [3.8, 4) is 11.4 Å². The minimum absolute atomic E-state index is 0.0706. The molecule has 7 heteroatoms. The van der Waals surface area contributed by atoms with Gasteiger partial charge in [0.25, 0.3) is 5.56 Å². The van der Waals surface area contributed by atoms with Crippen molar-refractivity contribution in [2.45, 2.75) is 11.9 Å². The van der Waals surface area contributed by atoms with Gasteiger partial charge in [-0.2, -0.15) is 0 Å². The Kier molecular flexibility index (Phi) is 6.13. The summed E-state index contributed by atoms with van der Waals surface area (Å²) in [6, 6.07) is 12.6. The molecule has 0 spiro atoms. The zero-order valence-electron chi connectivity index (χ0n) is 14.8. The van der Waals surface area contributed by atoms with Crippen LogP contribution in [0.3, 0.4) is 0 Å². The molecular formula is C20H17BrN2O3S. The fourth-order valence-corrected chi connectivity index (χ4v) is 3.51. The topological polar surface area (TPSA) is 61.2 Å². The third-order valence-corrected chi connectivity index (χ3v) is 5.83. The number of ether oxygens (including phenoxy) is 1. The standard InChI is InChI=1S/C20H17BrN2O3S/c1-13-11-15(5-8-17(13)21)23-10-9-22-19(20(23)25)27-12-18(24)14-3-6-16(26-2)7-4-14/h3-11H,12H2,1-2H3. The Morgan fingerprint density at radius 1 is 1.22 bits per heavy atom. The molecule has 5 nitrogen and oxygen atoms in total. The lowest BCUT2D eigenvalue weighted by Gasteiger charge is -2.09. The van der Waals surface area contributed by atoms with Gasteiger partial charge in [-0.25, -0.2) is 4.98 Å². The van der Waals surface area contributed by atoms with Crippen LogP contribution in [0.5, 0.6) is 5.75 Å². The van der Waals surface area contributed by atoms with E-state index >= 15 is 0 Å². The molecule has 0 unspecified atom stereocenters. The first-order chi connectivity index (χ1) is 13.0. The Hall–Kier alpha value is -2.38. The highest BCUT2D eigenvalue weighted by atomic mass is 79.9. The smallest absolute Gasteiger partial charge is 0.287 e. The van der Waals surface area contributed by atoms with Crippen molar-refractivity contribution < 1.29 is 9.53 Å². The highest BCUT2D eigenvalue weighted by molar-refractivity contribution is 9.10. The lowest BCUT2D eigenvalue weighted by Crippen LogP contribution is -2.21. The van der Waals surface area contributed by atoms with Crippen LogP contribution in [-0.2, 0) is 0 Å². The van der Waals surface area contributed by atoms with E-state index in [1.165, 1.54) is 4.57 Å². The van der Waals surface area contributed by atoms with Crippen LogP contribution in [0.1, 0.15) is 15.9 Å². The number of benzene rings is 2. The number of thioether (sulfide) groups is 1. The van der Waals surface area contributed by atoms with Crippen molar-refractivity contribution in [1.29, 1.82) is 0 Å². The lowest BCUT2D eigenvalue weighted by molar-refractivity contribution is 0.102. The maximum Gasteiger partial charge on any atom is 0.287 e. The molecule has 3 aromatic rings. The van der Waals surface area contributed by atoms with E-state index in [9.17, 15) is 9.59 Å². The van der Waals surface area contributed by atoms with Crippen molar-refractivity contribution in [3.05, 3.63) is 80.8 Å². The van der Waals surface area contributed by atoms with Crippen molar-refractivity contribution >= 4 is 33.5 Å². The summed E-state index contributed by atoms with van der Waals surface area (Å²) in [7, 11) is 1.58. The molecule has 3 rings (SSSR count). The number of hydrogen-bond donors (Lipinski definition) is 0. The number of hydrogen-bond acceptors (Lipinski definition) is 5. The maximum atomic E-state index is 12.7. The number of halogens is 1. The van der Waals surface area contributed by atoms with Gasteiger partial charge < -0.3 is 4.74 Å². The van der Waals surface area contributed by atoms with Gasteiger partial charge in [0.05, 0.1) is 12.9 Å². The van der Waals surface area contributed by atoms with Crippen molar-refractivity contribution in [3.63, 3.8) is 0 Å². The van der Waals surface area contributed by atoms with Crippen LogP contribution >= 0.6 is 27.7 Å². The minimum atomic E-state index is -0.244.